The predicted molar refractivity (Wildman–Crippen MR) is 136 cm³/mol. The zero-order chi connectivity index (χ0) is 23.2. The Labute approximate surface area is 202 Å². The van der Waals surface area contributed by atoms with Gasteiger partial charge in [-0.1, -0.05) is 83.9 Å². The van der Waals surface area contributed by atoms with Crippen molar-refractivity contribution in [3.63, 3.8) is 0 Å². The van der Waals surface area contributed by atoms with Gasteiger partial charge in [-0.05, 0) is 52.6 Å². The number of carbonyl (C=O) groups excluding carboxylic acids is 1. The third kappa shape index (κ3) is 5.64. The van der Waals surface area contributed by atoms with E-state index in [4.69, 9.17) is 27.9 Å². The van der Waals surface area contributed by atoms with Crippen LogP contribution in [0.15, 0.2) is 84.0 Å². The zero-order valence-corrected chi connectivity index (χ0v) is 19.3. The van der Waals surface area contributed by atoms with Gasteiger partial charge in [0.15, 0.2) is 5.75 Å². The molecule has 0 bridgehead atoms. The van der Waals surface area contributed by atoms with E-state index in [9.17, 15) is 4.79 Å². The number of urea groups is 1. The average molecular weight is 478 g/mol. The first-order valence-corrected chi connectivity index (χ1v) is 11.0. The van der Waals surface area contributed by atoms with Crippen LogP contribution in [0.2, 0.25) is 10.0 Å². The predicted octanol–water partition coefficient (Wildman–Crippen LogP) is 7.19. The van der Waals surface area contributed by atoms with Gasteiger partial charge in [-0.25, -0.2) is 10.2 Å². The summed E-state index contributed by atoms with van der Waals surface area (Å²) in [6.45, 7) is 2.24. The molecule has 0 atom stereocenters. The number of para-hydroxylation sites is 1. The van der Waals surface area contributed by atoms with Gasteiger partial charge in [0.25, 0.3) is 0 Å². The van der Waals surface area contributed by atoms with Gasteiger partial charge in [-0.15, -0.1) is 0 Å². The lowest BCUT2D eigenvalue weighted by Crippen LogP contribution is -2.24. The highest BCUT2D eigenvalue weighted by molar-refractivity contribution is 6.37. The van der Waals surface area contributed by atoms with E-state index < -0.39 is 6.03 Å². The third-order valence-corrected chi connectivity index (χ3v) is 5.61. The maximum atomic E-state index is 12.0. The third-order valence-electron chi connectivity index (χ3n) is 5.05. The quantitative estimate of drug-likeness (QED) is 0.228. The molecule has 0 aliphatic rings. The van der Waals surface area contributed by atoms with E-state index in [0.29, 0.717) is 33.7 Å². The van der Waals surface area contributed by atoms with E-state index in [1.54, 1.807) is 12.1 Å². The number of carbonyl (C=O) groups is 1. The second kappa shape index (κ2) is 10.4. The maximum absolute atomic E-state index is 12.0. The maximum Gasteiger partial charge on any atom is 0.339 e. The number of benzene rings is 4. The molecule has 7 heteroatoms. The molecule has 0 saturated heterocycles. The minimum Gasteiger partial charge on any atom is -0.486 e. The fourth-order valence-corrected chi connectivity index (χ4v) is 4.00. The number of nitrogens with zero attached hydrogens (tertiary/aromatic N) is 1. The molecule has 4 aromatic carbocycles. The lowest BCUT2D eigenvalue weighted by Gasteiger charge is -2.12. The Morgan fingerprint density at radius 3 is 2.45 bits per heavy atom. The van der Waals surface area contributed by atoms with Crippen molar-refractivity contribution in [3.05, 3.63) is 106 Å². The van der Waals surface area contributed by atoms with Gasteiger partial charge < -0.3 is 10.1 Å². The summed E-state index contributed by atoms with van der Waals surface area (Å²) < 4.78 is 5.95. The summed E-state index contributed by atoms with van der Waals surface area (Å²) in [4.78, 5) is 12.0. The van der Waals surface area contributed by atoms with Crippen LogP contribution in [0.5, 0.6) is 5.75 Å². The number of hydrogen-bond acceptors (Lipinski definition) is 3. The van der Waals surface area contributed by atoms with Crippen molar-refractivity contribution < 1.29 is 9.53 Å². The summed E-state index contributed by atoms with van der Waals surface area (Å²) >= 11 is 12.8. The Kier molecular flexibility index (Phi) is 7.13. The standard InChI is InChI=1S/C26H21Cl2N3O2/c1-17-7-2-5-12-24(17)30-26(32)31-29-15-18-13-22(27)25(23(28)14-18)33-16-20-10-6-9-19-8-3-4-11-21(19)20/h2-15H,16H2,1H3,(H2,30,31,32). The molecule has 2 amide bonds. The van der Waals surface area contributed by atoms with Crippen LogP contribution in [-0.2, 0) is 6.61 Å². The van der Waals surface area contributed by atoms with Crippen LogP contribution in [0.25, 0.3) is 10.8 Å². The van der Waals surface area contributed by atoms with Crippen molar-refractivity contribution in [2.75, 3.05) is 5.32 Å². The molecule has 33 heavy (non-hydrogen) atoms. The van der Waals surface area contributed by atoms with Crippen LogP contribution in [0, 0.1) is 6.92 Å². The number of fused-ring (bicyclic) bond motifs is 1. The first-order chi connectivity index (χ1) is 16.0. The molecule has 0 aliphatic heterocycles. The zero-order valence-electron chi connectivity index (χ0n) is 17.8. The Bertz CT molecular complexity index is 1310. The van der Waals surface area contributed by atoms with Crippen LogP contribution < -0.4 is 15.5 Å². The molecule has 0 heterocycles. The number of hydrazone groups is 1. The number of hydrogen-bond donors (Lipinski definition) is 2. The molecular formula is C26H21Cl2N3O2. The Morgan fingerprint density at radius 1 is 0.970 bits per heavy atom. The summed E-state index contributed by atoms with van der Waals surface area (Å²) in [5.74, 6) is 0.397. The minimum absolute atomic E-state index is 0.328. The van der Waals surface area contributed by atoms with Crippen molar-refractivity contribution in [3.8, 4) is 5.75 Å². The van der Waals surface area contributed by atoms with E-state index >= 15 is 0 Å². The van der Waals surface area contributed by atoms with E-state index in [2.05, 4.69) is 34.0 Å². The fourth-order valence-electron chi connectivity index (χ4n) is 3.39. The van der Waals surface area contributed by atoms with Crippen molar-refractivity contribution in [1.29, 1.82) is 0 Å². The SMILES string of the molecule is Cc1ccccc1NC(=O)NN=Cc1cc(Cl)c(OCc2cccc3ccccc23)c(Cl)c1. The van der Waals surface area contributed by atoms with E-state index in [0.717, 1.165) is 21.9 Å². The average Bonchev–Trinajstić information content (AvgIpc) is 2.80. The van der Waals surface area contributed by atoms with Gasteiger partial charge in [-0.2, -0.15) is 5.10 Å². The van der Waals surface area contributed by atoms with Crippen LogP contribution >= 0.6 is 23.2 Å². The second-order valence-corrected chi connectivity index (χ2v) is 8.19. The molecule has 0 spiro atoms. The van der Waals surface area contributed by atoms with Crippen LogP contribution in [0.3, 0.4) is 0 Å². The van der Waals surface area contributed by atoms with Gasteiger partial charge in [-0.3, -0.25) is 0 Å². The fraction of sp³-hybridized carbons (Fsp3) is 0.0769. The summed E-state index contributed by atoms with van der Waals surface area (Å²) in [5.41, 5.74) is 5.75. The van der Waals surface area contributed by atoms with Gasteiger partial charge in [0.2, 0.25) is 0 Å². The molecule has 5 nitrogen and oxygen atoms in total. The first-order valence-electron chi connectivity index (χ1n) is 10.3. The number of aryl methyl sites for hydroxylation is 1. The molecule has 4 aromatic rings. The van der Waals surface area contributed by atoms with Crippen molar-refractivity contribution >= 4 is 51.9 Å². The molecule has 2 N–H and O–H groups in total. The number of rotatable bonds is 6. The topological polar surface area (TPSA) is 62.7 Å². The molecule has 0 unspecified atom stereocenters. The van der Waals surface area contributed by atoms with Gasteiger partial charge in [0.05, 0.1) is 16.3 Å². The lowest BCUT2D eigenvalue weighted by molar-refractivity contribution is 0.252. The van der Waals surface area contributed by atoms with E-state index in [1.165, 1.54) is 6.21 Å². The smallest absolute Gasteiger partial charge is 0.339 e. The van der Waals surface area contributed by atoms with Gasteiger partial charge in [0, 0.05) is 5.69 Å². The van der Waals surface area contributed by atoms with Gasteiger partial charge in [0.1, 0.15) is 6.61 Å². The molecular weight excluding hydrogens is 457 g/mol. The highest BCUT2D eigenvalue weighted by Gasteiger charge is 2.11. The Balaban J connectivity index is 1.40. The molecule has 0 saturated carbocycles. The number of nitrogens with one attached hydrogen (secondary N) is 2. The molecule has 0 fully saturated rings. The summed E-state index contributed by atoms with van der Waals surface area (Å²) in [6, 6.07) is 24.5. The van der Waals surface area contributed by atoms with E-state index in [-0.39, 0.29) is 0 Å². The number of halogens is 2. The largest absolute Gasteiger partial charge is 0.486 e. The number of amides is 2. The summed E-state index contributed by atoms with van der Waals surface area (Å²) in [7, 11) is 0. The first kappa shape index (κ1) is 22.6. The van der Waals surface area contributed by atoms with E-state index in [1.807, 2.05) is 55.5 Å². The Hall–Kier alpha value is -3.54. The van der Waals surface area contributed by atoms with Crippen LogP contribution in [-0.4, -0.2) is 12.2 Å². The van der Waals surface area contributed by atoms with Crippen LogP contribution in [0.1, 0.15) is 16.7 Å². The molecule has 0 radical (unpaired) electrons. The highest BCUT2D eigenvalue weighted by Crippen LogP contribution is 2.35. The monoisotopic (exact) mass is 477 g/mol. The van der Waals surface area contributed by atoms with Crippen molar-refractivity contribution in [2.24, 2.45) is 5.10 Å². The number of ether oxygens (including phenoxy) is 1. The van der Waals surface area contributed by atoms with Gasteiger partial charge >= 0.3 is 6.03 Å². The highest BCUT2D eigenvalue weighted by atomic mass is 35.5. The molecule has 0 aromatic heterocycles. The minimum atomic E-state index is -0.451. The Morgan fingerprint density at radius 2 is 1.67 bits per heavy atom. The molecule has 4 rings (SSSR count). The normalized spacial score (nSPS) is 11.0. The van der Waals surface area contributed by atoms with Crippen molar-refractivity contribution in [1.82, 2.24) is 5.43 Å². The summed E-state index contributed by atoms with van der Waals surface area (Å²) in [5, 5.41) is 9.67. The molecule has 0 aliphatic carbocycles. The second-order valence-electron chi connectivity index (χ2n) is 7.38. The van der Waals surface area contributed by atoms with Crippen molar-refractivity contribution in [2.45, 2.75) is 13.5 Å². The van der Waals surface area contributed by atoms with Crippen LogP contribution in [0.4, 0.5) is 10.5 Å². The lowest BCUT2D eigenvalue weighted by atomic mass is 10.1. The summed E-state index contributed by atoms with van der Waals surface area (Å²) in [6.07, 6.45) is 1.46. The number of anilines is 1. The molecule has 166 valence electrons.